The van der Waals surface area contributed by atoms with Crippen LogP contribution in [0.15, 0.2) is 0 Å². The quantitative estimate of drug-likeness (QED) is 0.216. The van der Waals surface area contributed by atoms with E-state index in [0.717, 1.165) is 12.8 Å². The van der Waals surface area contributed by atoms with Crippen LogP contribution in [0.4, 0.5) is 0 Å². The van der Waals surface area contributed by atoms with Crippen LogP contribution in [-0.2, 0) is 9.22 Å². The van der Waals surface area contributed by atoms with E-state index in [9.17, 15) is 4.79 Å². The van der Waals surface area contributed by atoms with Gasteiger partial charge in [-0.25, -0.2) is 0 Å². The summed E-state index contributed by atoms with van der Waals surface area (Å²) in [6, 6.07) is 0. The molecular formula is C15H31IO2Si. The Morgan fingerprint density at radius 1 is 0.947 bits per heavy atom. The minimum atomic E-state index is -2.01. The first kappa shape index (κ1) is 19.4. The molecule has 0 aromatic heterocycles. The lowest BCUT2D eigenvalue weighted by molar-refractivity contribution is -0.135. The molecule has 2 nitrogen and oxygen atoms in total. The van der Waals surface area contributed by atoms with Crippen LogP contribution in [0.5, 0.6) is 0 Å². The van der Waals surface area contributed by atoms with Crippen LogP contribution >= 0.6 is 22.6 Å². The summed E-state index contributed by atoms with van der Waals surface area (Å²) in [5.41, 5.74) is 1.43. The van der Waals surface area contributed by atoms with E-state index in [-0.39, 0.29) is 5.97 Å². The summed E-state index contributed by atoms with van der Waals surface area (Å²) in [6.07, 6.45) is 3.91. The van der Waals surface area contributed by atoms with Gasteiger partial charge < -0.3 is 4.43 Å². The van der Waals surface area contributed by atoms with Crippen molar-refractivity contribution >= 4 is 36.9 Å². The van der Waals surface area contributed by atoms with Gasteiger partial charge in [0.25, 0.3) is 14.3 Å². The predicted molar refractivity (Wildman–Crippen MR) is 94.5 cm³/mol. The fourth-order valence-electron chi connectivity index (χ4n) is 3.14. The molecule has 0 radical (unpaired) electrons. The van der Waals surface area contributed by atoms with Crippen molar-refractivity contribution < 1.29 is 9.22 Å². The van der Waals surface area contributed by atoms with Crippen molar-refractivity contribution in [2.24, 2.45) is 0 Å². The topological polar surface area (TPSA) is 26.3 Å². The van der Waals surface area contributed by atoms with E-state index < -0.39 is 8.32 Å². The Morgan fingerprint density at radius 3 is 1.79 bits per heavy atom. The fourth-order valence-corrected chi connectivity index (χ4v) is 8.89. The fraction of sp³-hybridized carbons (Fsp3) is 0.933. The summed E-state index contributed by atoms with van der Waals surface area (Å²) in [5.74, 6) is 0.0382. The predicted octanol–water partition coefficient (Wildman–Crippen LogP) is 5.70. The molecule has 0 N–H and O–H groups in total. The molecular weight excluding hydrogens is 367 g/mol. The Morgan fingerprint density at radius 2 is 1.42 bits per heavy atom. The first-order valence-corrected chi connectivity index (χ1v) is 11.2. The lowest BCUT2D eigenvalue weighted by Gasteiger charge is -2.41. The zero-order valence-corrected chi connectivity index (χ0v) is 16.6. The van der Waals surface area contributed by atoms with Gasteiger partial charge in [0, 0.05) is 6.42 Å². The summed E-state index contributed by atoms with van der Waals surface area (Å²) in [7, 11) is -2.01. The Bertz CT molecular complexity index is 243. The Hall–Kier alpha value is 0.417. The summed E-state index contributed by atoms with van der Waals surface area (Å²) in [5, 5.41) is 0. The zero-order valence-electron chi connectivity index (χ0n) is 13.5. The van der Waals surface area contributed by atoms with Crippen LogP contribution in [0.25, 0.3) is 0 Å². The molecule has 4 heteroatoms. The molecule has 0 spiro atoms. The number of hydrogen-bond donors (Lipinski definition) is 0. The first-order chi connectivity index (χ1) is 8.78. The van der Waals surface area contributed by atoms with Gasteiger partial charge in [-0.2, -0.15) is 0 Å². The number of unbranched alkanes of at least 4 members (excludes halogenated alkanes) is 2. The SMILES string of the molecule is CC(C)[Si](OC(=O)CCCCCI)(C(C)C)C(C)C. The lowest BCUT2D eigenvalue weighted by atomic mass is 10.2. The highest BCUT2D eigenvalue weighted by atomic mass is 127. The third-order valence-electron chi connectivity index (χ3n) is 4.01. The number of hydrogen-bond acceptors (Lipinski definition) is 2. The monoisotopic (exact) mass is 398 g/mol. The van der Waals surface area contributed by atoms with Gasteiger partial charge in [-0.15, -0.1) is 0 Å². The van der Waals surface area contributed by atoms with Crippen LogP contribution in [0.1, 0.15) is 67.2 Å². The normalized spacial score (nSPS) is 12.5. The number of alkyl halides is 1. The molecule has 0 aromatic rings. The van der Waals surface area contributed by atoms with E-state index in [1.807, 2.05) is 0 Å². The zero-order chi connectivity index (χ0) is 15.1. The van der Waals surface area contributed by atoms with E-state index in [1.54, 1.807) is 0 Å². The molecule has 0 saturated heterocycles. The highest BCUT2D eigenvalue weighted by Crippen LogP contribution is 2.42. The van der Waals surface area contributed by atoms with Crippen molar-refractivity contribution in [2.75, 3.05) is 4.43 Å². The number of halogens is 1. The highest BCUT2D eigenvalue weighted by Gasteiger charge is 2.47. The molecule has 0 heterocycles. The van der Waals surface area contributed by atoms with Crippen LogP contribution in [0, 0.1) is 0 Å². The first-order valence-electron chi connectivity index (χ1n) is 7.56. The summed E-state index contributed by atoms with van der Waals surface area (Å²) in [6.45, 7) is 13.3. The molecule has 0 aliphatic heterocycles. The smallest absolute Gasteiger partial charge is 0.292 e. The lowest BCUT2D eigenvalue weighted by Crippen LogP contribution is -2.49. The van der Waals surface area contributed by atoms with Crippen molar-refractivity contribution in [1.82, 2.24) is 0 Å². The van der Waals surface area contributed by atoms with E-state index in [0.29, 0.717) is 23.0 Å². The summed E-state index contributed by atoms with van der Waals surface area (Å²) < 4.78 is 7.28. The number of carbonyl (C=O) groups is 1. The molecule has 0 unspecified atom stereocenters. The molecule has 114 valence electrons. The van der Waals surface area contributed by atoms with Gasteiger partial charge in [0.05, 0.1) is 0 Å². The van der Waals surface area contributed by atoms with Gasteiger partial charge in [-0.1, -0.05) is 70.6 Å². The molecule has 0 rings (SSSR count). The minimum absolute atomic E-state index is 0.0382. The molecule has 0 amide bonds. The molecule has 0 fully saturated rings. The van der Waals surface area contributed by atoms with Crippen molar-refractivity contribution in [3.05, 3.63) is 0 Å². The van der Waals surface area contributed by atoms with Gasteiger partial charge in [-0.05, 0) is 33.9 Å². The molecule has 0 bridgehead atoms. The van der Waals surface area contributed by atoms with Crippen LogP contribution < -0.4 is 0 Å². The van der Waals surface area contributed by atoms with Gasteiger partial charge >= 0.3 is 0 Å². The van der Waals surface area contributed by atoms with Gasteiger partial charge in [0.2, 0.25) is 0 Å². The van der Waals surface area contributed by atoms with Gasteiger partial charge in [0.15, 0.2) is 0 Å². The van der Waals surface area contributed by atoms with E-state index in [1.165, 1.54) is 10.8 Å². The van der Waals surface area contributed by atoms with E-state index >= 15 is 0 Å². The third-order valence-corrected chi connectivity index (χ3v) is 10.8. The summed E-state index contributed by atoms with van der Waals surface area (Å²) >= 11 is 2.38. The average Bonchev–Trinajstić information content (AvgIpc) is 2.30. The summed E-state index contributed by atoms with van der Waals surface area (Å²) in [4.78, 5) is 12.1. The molecule has 0 aliphatic carbocycles. The Labute approximate surface area is 134 Å². The minimum Gasteiger partial charge on any atom is -0.518 e. The van der Waals surface area contributed by atoms with E-state index in [2.05, 4.69) is 64.1 Å². The maximum Gasteiger partial charge on any atom is 0.292 e. The second kappa shape index (κ2) is 9.37. The molecule has 0 saturated carbocycles. The molecule has 0 atom stereocenters. The second-order valence-electron chi connectivity index (χ2n) is 6.29. The van der Waals surface area contributed by atoms with Crippen LogP contribution in [0.3, 0.4) is 0 Å². The second-order valence-corrected chi connectivity index (χ2v) is 12.7. The van der Waals surface area contributed by atoms with E-state index in [4.69, 9.17) is 4.43 Å². The van der Waals surface area contributed by atoms with Crippen LogP contribution in [0.2, 0.25) is 16.6 Å². The standard InChI is InChI=1S/C15H31IO2Si/c1-12(2)19(13(3)4,14(5)6)18-15(17)10-8-7-9-11-16/h12-14H,7-11H2,1-6H3. The van der Waals surface area contributed by atoms with Crippen molar-refractivity contribution in [2.45, 2.75) is 83.8 Å². The number of carbonyl (C=O) groups excluding carboxylic acids is 1. The maximum atomic E-state index is 12.1. The molecule has 0 aromatic carbocycles. The van der Waals surface area contributed by atoms with Crippen LogP contribution in [-0.4, -0.2) is 18.7 Å². The van der Waals surface area contributed by atoms with Gasteiger partial charge in [0.1, 0.15) is 0 Å². The third kappa shape index (κ3) is 5.74. The van der Waals surface area contributed by atoms with Gasteiger partial charge in [-0.3, -0.25) is 4.79 Å². The van der Waals surface area contributed by atoms with Crippen molar-refractivity contribution in [3.63, 3.8) is 0 Å². The van der Waals surface area contributed by atoms with Crippen molar-refractivity contribution in [3.8, 4) is 0 Å². The Kier molecular flexibility index (Phi) is 9.58. The average molecular weight is 398 g/mol. The van der Waals surface area contributed by atoms with Crippen molar-refractivity contribution in [1.29, 1.82) is 0 Å². The highest BCUT2D eigenvalue weighted by molar-refractivity contribution is 14.1. The number of rotatable bonds is 9. The largest absolute Gasteiger partial charge is 0.518 e. The molecule has 0 aliphatic rings. The molecule has 19 heavy (non-hydrogen) atoms. The Balaban J connectivity index is 4.61. The maximum absolute atomic E-state index is 12.1.